The van der Waals surface area contributed by atoms with Crippen molar-refractivity contribution < 1.29 is 14.1 Å². The molecule has 1 aromatic heterocycles. The predicted molar refractivity (Wildman–Crippen MR) is 88.7 cm³/mol. The molecule has 7 heteroatoms. The summed E-state index contributed by atoms with van der Waals surface area (Å²) >= 11 is 0. The average Bonchev–Trinajstić information content (AvgIpc) is 3.05. The summed E-state index contributed by atoms with van der Waals surface area (Å²) in [6, 6.07) is 0. The van der Waals surface area contributed by atoms with Crippen LogP contribution in [0.2, 0.25) is 0 Å². The molecule has 0 N–H and O–H groups in total. The second-order valence-electron chi connectivity index (χ2n) is 7.07. The highest BCUT2D eigenvalue weighted by Gasteiger charge is 2.30. The number of hydrogen-bond acceptors (Lipinski definition) is 6. The van der Waals surface area contributed by atoms with E-state index in [0.717, 1.165) is 31.8 Å². The molecule has 1 amide bonds. The SMILES string of the molecule is COCCN1C[C@@H](c2nc(CC3CCN(C)CC3)no2)CCC1=O. The number of ether oxygens (including phenoxy) is 1. The Kier molecular flexibility index (Phi) is 5.84. The average molecular weight is 336 g/mol. The van der Waals surface area contributed by atoms with Crippen LogP contribution in [0.1, 0.15) is 43.3 Å². The van der Waals surface area contributed by atoms with Crippen LogP contribution in [0.15, 0.2) is 4.52 Å². The number of carbonyl (C=O) groups is 1. The Morgan fingerprint density at radius 3 is 2.83 bits per heavy atom. The smallest absolute Gasteiger partial charge is 0.231 e. The Labute approximate surface area is 143 Å². The number of aromatic nitrogens is 2. The monoisotopic (exact) mass is 336 g/mol. The zero-order valence-electron chi connectivity index (χ0n) is 14.7. The van der Waals surface area contributed by atoms with Crippen molar-refractivity contribution in [2.45, 2.75) is 38.0 Å². The van der Waals surface area contributed by atoms with E-state index in [2.05, 4.69) is 22.1 Å². The first-order valence-corrected chi connectivity index (χ1v) is 8.93. The van der Waals surface area contributed by atoms with Crippen LogP contribution in [-0.4, -0.2) is 72.8 Å². The molecule has 24 heavy (non-hydrogen) atoms. The largest absolute Gasteiger partial charge is 0.383 e. The van der Waals surface area contributed by atoms with Gasteiger partial charge in [0.25, 0.3) is 0 Å². The second-order valence-corrected chi connectivity index (χ2v) is 7.07. The molecule has 2 saturated heterocycles. The Morgan fingerprint density at radius 1 is 1.29 bits per heavy atom. The predicted octanol–water partition coefficient (Wildman–Crippen LogP) is 1.31. The lowest BCUT2D eigenvalue weighted by Crippen LogP contribution is -2.41. The fourth-order valence-corrected chi connectivity index (χ4v) is 3.57. The molecule has 1 atom stereocenters. The molecule has 0 spiro atoms. The van der Waals surface area contributed by atoms with Gasteiger partial charge in [0.1, 0.15) is 0 Å². The molecule has 0 saturated carbocycles. The summed E-state index contributed by atoms with van der Waals surface area (Å²) in [6.07, 6.45) is 4.63. The van der Waals surface area contributed by atoms with Gasteiger partial charge in [0.15, 0.2) is 5.82 Å². The van der Waals surface area contributed by atoms with E-state index in [9.17, 15) is 4.79 Å². The van der Waals surface area contributed by atoms with Crippen molar-refractivity contribution in [2.75, 3.05) is 46.9 Å². The minimum absolute atomic E-state index is 0.151. The fourth-order valence-electron chi connectivity index (χ4n) is 3.57. The number of piperidine rings is 2. The van der Waals surface area contributed by atoms with Crippen LogP contribution >= 0.6 is 0 Å². The van der Waals surface area contributed by atoms with E-state index in [1.807, 2.05) is 4.90 Å². The molecular formula is C17H28N4O3. The van der Waals surface area contributed by atoms with E-state index < -0.39 is 0 Å². The van der Waals surface area contributed by atoms with Crippen molar-refractivity contribution in [1.29, 1.82) is 0 Å². The quantitative estimate of drug-likeness (QED) is 0.780. The Balaban J connectivity index is 1.55. The summed E-state index contributed by atoms with van der Waals surface area (Å²) in [6.45, 7) is 4.13. The van der Waals surface area contributed by atoms with Crippen molar-refractivity contribution in [2.24, 2.45) is 5.92 Å². The number of hydrogen-bond donors (Lipinski definition) is 0. The number of methoxy groups -OCH3 is 1. The first kappa shape index (κ1) is 17.4. The molecule has 7 nitrogen and oxygen atoms in total. The zero-order valence-corrected chi connectivity index (χ0v) is 14.7. The van der Waals surface area contributed by atoms with Gasteiger partial charge in [-0.1, -0.05) is 5.16 Å². The maximum atomic E-state index is 12.0. The van der Waals surface area contributed by atoms with Gasteiger partial charge < -0.3 is 19.1 Å². The third-order valence-electron chi connectivity index (χ3n) is 5.21. The molecule has 0 aliphatic carbocycles. The first-order valence-electron chi connectivity index (χ1n) is 8.93. The van der Waals surface area contributed by atoms with Crippen LogP contribution in [0.3, 0.4) is 0 Å². The van der Waals surface area contributed by atoms with Crippen molar-refractivity contribution >= 4 is 5.91 Å². The molecule has 0 unspecified atom stereocenters. The highest BCUT2D eigenvalue weighted by molar-refractivity contribution is 5.77. The van der Waals surface area contributed by atoms with Gasteiger partial charge in [0.05, 0.1) is 12.5 Å². The van der Waals surface area contributed by atoms with Crippen LogP contribution in [0.25, 0.3) is 0 Å². The van der Waals surface area contributed by atoms with Gasteiger partial charge in [0, 0.05) is 33.0 Å². The van der Waals surface area contributed by atoms with Gasteiger partial charge >= 0.3 is 0 Å². The maximum Gasteiger partial charge on any atom is 0.231 e. The zero-order chi connectivity index (χ0) is 16.9. The second kappa shape index (κ2) is 8.07. The summed E-state index contributed by atoms with van der Waals surface area (Å²) in [4.78, 5) is 20.8. The summed E-state index contributed by atoms with van der Waals surface area (Å²) in [7, 11) is 3.82. The molecule has 1 aromatic rings. The molecular weight excluding hydrogens is 308 g/mol. The van der Waals surface area contributed by atoms with Crippen LogP contribution in [-0.2, 0) is 16.0 Å². The standard InChI is InChI=1S/C17H28N4O3/c1-20-7-5-13(6-8-20)11-15-18-17(24-19-15)14-3-4-16(22)21(12-14)9-10-23-2/h13-14H,3-12H2,1-2H3/t14-/m0/s1. The van der Waals surface area contributed by atoms with E-state index in [0.29, 0.717) is 37.9 Å². The maximum absolute atomic E-state index is 12.0. The van der Waals surface area contributed by atoms with Crippen molar-refractivity contribution in [1.82, 2.24) is 19.9 Å². The van der Waals surface area contributed by atoms with Crippen molar-refractivity contribution in [3.63, 3.8) is 0 Å². The Hall–Kier alpha value is -1.47. The lowest BCUT2D eigenvalue weighted by atomic mass is 9.93. The third-order valence-corrected chi connectivity index (χ3v) is 5.21. The Bertz CT molecular complexity index is 540. The minimum atomic E-state index is 0.151. The fraction of sp³-hybridized carbons (Fsp3) is 0.824. The number of likely N-dealkylation sites (tertiary alicyclic amines) is 2. The van der Waals surface area contributed by atoms with Crippen molar-refractivity contribution in [3.8, 4) is 0 Å². The van der Waals surface area contributed by atoms with Crippen LogP contribution < -0.4 is 0 Å². The van der Waals surface area contributed by atoms with E-state index in [1.54, 1.807) is 7.11 Å². The third kappa shape index (κ3) is 4.33. The molecule has 3 heterocycles. The van der Waals surface area contributed by atoms with Gasteiger partial charge in [-0.05, 0) is 45.3 Å². The molecule has 2 aliphatic rings. The number of amides is 1. The topological polar surface area (TPSA) is 71.7 Å². The normalized spacial score (nSPS) is 23.8. The summed E-state index contributed by atoms with van der Waals surface area (Å²) < 4.78 is 10.6. The molecule has 0 bridgehead atoms. The highest BCUT2D eigenvalue weighted by Crippen LogP contribution is 2.27. The van der Waals surface area contributed by atoms with Gasteiger partial charge in [-0.2, -0.15) is 4.98 Å². The lowest BCUT2D eigenvalue weighted by Gasteiger charge is -2.30. The van der Waals surface area contributed by atoms with Crippen LogP contribution in [0, 0.1) is 5.92 Å². The molecule has 2 aliphatic heterocycles. The Morgan fingerprint density at radius 2 is 2.08 bits per heavy atom. The molecule has 3 rings (SSSR count). The lowest BCUT2D eigenvalue weighted by molar-refractivity contribution is -0.134. The summed E-state index contributed by atoms with van der Waals surface area (Å²) in [5.74, 6) is 2.50. The van der Waals surface area contributed by atoms with E-state index >= 15 is 0 Å². The van der Waals surface area contributed by atoms with E-state index in [4.69, 9.17) is 9.26 Å². The van der Waals surface area contributed by atoms with Crippen LogP contribution in [0.4, 0.5) is 0 Å². The highest BCUT2D eigenvalue weighted by atomic mass is 16.5. The number of rotatable bonds is 6. The van der Waals surface area contributed by atoms with Gasteiger partial charge in [-0.3, -0.25) is 4.79 Å². The van der Waals surface area contributed by atoms with E-state index in [1.165, 1.54) is 12.8 Å². The first-order chi connectivity index (χ1) is 11.7. The molecule has 2 fully saturated rings. The van der Waals surface area contributed by atoms with E-state index in [-0.39, 0.29) is 11.8 Å². The summed E-state index contributed by atoms with van der Waals surface area (Å²) in [5, 5.41) is 4.18. The van der Waals surface area contributed by atoms with Gasteiger partial charge in [-0.25, -0.2) is 0 Å². The van der Waals surface area contributed by atoms with Gasteiger partial charge in [0.2, 0.25) is 11.8 Å². The molecule has 0 radical (unpaired) electrons. The van der Waals surface area contributed by atoms with Gasteiger partial charge in [-0.15, -0.1) is 0 Å². The number of carbonyl (C=O) groups excluding carboxylic acids is 1. The minimum Gasteiger partial charge on any atom is -0.383 e. The summed E-state index contributed by atoms with van der Waals surface area (Å²) in [5.41, 5.74) is 0. The molecule has 134 valence electrons. The molecule has 0 aromatic carbocycles. The van der Waals surface area contributed by atoms with Crippen LogP contribution in [0.5, 0.6) is 0 Å². The number of nitrogens with zero attached hydrogens (tertiary/aromatic N) is 4. The van der Waals surface area contributed by atoms with Crippen molar-refractivity contribution in [3.05, 3.63) is 11.7 Å².